The van der Waals surface area contributed by atoms with E-state index in [1.165, 1.54) is 0 Å². The number of amides is 1. The van der Waals surface area contributed by atoms with Gasteiger partial charge in [0.05, 0.1) is 12.0 Å². The van der Waals surface area contributed by atoms with Gasteiger partial charge in [0.2, 0.25) is 5.91 Å². The quantitative estimate of drug-likeness (QED) is 0.145. The minimum absolute atomic E-state index is 0.00177. The van der Waals surface area contributed by atoms with Crippen LogP contribution in [0.4, 0.5) is 0 Å². The van der Waals surface area contributed by atoms with Crippen LogP contribution in [-0.4, -0.2) is 53.2 Å². The zero-order chi connectivity index (χ0) is 17.0. The lowest BCUT2D eigenvalue weighted by Crippen LogP contribution is -2.37. The molecule has 0 aliphatic rings. The third kappa shape index (κ3) is 10.1. The number of carboxylic acids is 1. The van der Waals surface area contributed by atoms with Crippen molar-refractivity contribution in [2.24, 2.45) is 16.2 Å². The normalized spacial score (nSPS) is 14.5. The molecule has 0 saturated heterocycles. The topological polar surface area (TPSA) is 168 Å². The summed E-state index contributed by atoms with van der Waals surface area (Å²) in [6, 6.07) is 0. The van der Waals surface area contributed by atoms with Crippen molar-refractivity contribution in [3.63, 3.8) is 0 Å². The van der Waals surface area contributed by atoms with E-state index in [9.17, 15) is 24.4 Å². The first-order valence-electron chi connectivity index (χ1n) is 6.37. The van der Waals surface area contributed by atoms with Gasteiger partial charge in [0, 0.05) is 28.7 Å². The molecule has 10 nitrogen and oxygen atoms in total. The van der Waals surface area contributed by atoms with E-state index in [1.807, 2.05) is 0 Å². The van der Waals surface area contributed by atoms with E-state index in [0.717, 1.165) is 0 Å². The number of nitrogens with zero attached hydrogens (tertiary/aromatic N) is 1. The van der Waals surface area contributed by atoms with Crippen LogP contribution >= 0.6 is 11.9 Å². The zero-order valence-electron chi connectivity index (χ0n) is 11.7. The highest BCUT2D eigenvalue weighted by Crippen LogP contribution is 2.18. The van der Waals surface area contributed by atoms with Gasteiger partial charge in [-0.15, -0.1) is 4.91 Å². The number of ether oxygens (including phenoxy) is 1. The lowest BCUT2D eigenvalue weighted by molar-refractivity contribution is -0.138. The van der Waals surface area contributed by atoms with Crippen LogP contribution < -0.4 is 11.1 Å². The molecule has 0 aromatic heterocycles. The van der Waals surface area contributed by atoms with E-state index in [4.69, 9.17) is 10.8 Å². The van der Waals surface area contributed by atoms with Crippen molar-refractivity contribution in [1.82, 2.24) is 5.32 Å². The molecule has 0 aliphatic carbocycles. The number of hydrogen-bond donors (Lipinski definition) is 4. The lowest BCUT2D eigenvalue weighted by Gasteiger charge is -2.19. The minimum atomic E-state index is -1.20. The van der Waals surface area contributed by atoms with Crippen LogP contribution in [-0.2, 0) is 19.1 Å². The van der Waals surface area contributed by atoms with Crippen molar-refractivity contribution in [1.29, 1.82) is 0 Å². The van der Waals surface area contributed by atoms with Gasteiger partial charge in [-0.2, -0.15) is 0 Å². The molecule has 0 fully saturated rings. The maximum atomic E-state index is 11.8. The van der Waals surface area contributed by atoms with Crippen molar-refractivity contribution in [2.75, 3.05) is 12.3 Å². The fourth-order valence-electron chi connectivity index (χ4n) is 1.62. The largest absolute Gasteiger partial charge is 0.480 e. The van der Waals surface area contributed by atoms with Gasteiger partial charge in [0.25, 0.3) is 6.47 Å². The lowest BCUT2D eigenvalue weighted by atomic mass is 9.99. The third-order valence-corrected chi connectivity index (χ3v) is 3.34. The van der Waals surface area contributed by atoms with Crippen molar-refractivity contribution >= 4 is 30.3 Å². The highest BCUT2D eigenvalue weighted by Gasteiger charge is 2.23. The Kier molecular flexibility index (Phi) is 11.0. The predicted octanol–water partition coefficient (Wildman–Crippen LogP) is -0.793. The van der Waals surface area contributed by atoms with Gasteiger partial charge in [0.15, 0.2) is 6.23 Å². The van der Waals surface area contributed by atoms with Crippen molar-refractivity contribution < 1.29 is 29.3 Å². The summed E-state index contributed by atoms with van der Waals surface area (Å²) in [5.74, 6) is -2.56. The molecule has 11 heteroatoms. The molecule has 0 bridgehead atoms. The summed E-state index contributed by atoms with van der Waals surface area (Å²) < 4.78 is 7.02. The number of carbonyl (C=O) groups is 3. The molecule has 22 heavy (non-hydrogen) atoms. The fourth-order valence-corrected chi connectivity index (χ4v) is 2.15. The average molecular weight is 337 g/mol. The molecule has 5 N–H and O–H groups in total. The van der Waals surface area contributed by atoms with Crippen LogP contribution in [0.1, 0.15) is 19.3 Å². The van der Waals surface area contributed by atoms with E-state index >= 15 is 0 Å². The van der Waals surface area contributed by atoms with E-state index in [-0.39, 0.29) is 31.5 Å². The van der Waals surface area contributed by atoms with Crippen LogP contribution in [0.3, 0.4) is 0 Å². The number of carboxylic acid groups (broad SMARTS) is 1. The van der Waals surface area contributed by atoms with Gasteiger partial charge >= 0.3 is 5.97 Å². The van der Waals surface area contributed by atoms with Crippen LogP contribution in [0.5, 0.6) is 0 Å². The number of hydrogen-bond acceptors (Lipinski definition) is 9. The molecule has 0 heterocycles. The predicted molar refractivity (Wildman–Crippen MR) is 77.4 cm³/mol. The summed E-state index contributed by atoms with van der Waals surface area (Å²) in [7, 11) is 0. The molecule has 0 aliphatic heterocycles. The van der Waals surface area contributed by atoms with Crippen molar-refractivity contribution in [3.8, 4) is 0 Å². The summed E-state index contributed by atoms with van der Waals surface area (Å²) in [6.07, 6.45) is -1.40. The molecule has 0 unspecified atom stereocenters. The number of aliphatic hydroxyl groups excluding tert-OH is 1. The standard InChI is InChI=1S/C11H19N3O7S/c12-9(21-6-15)2-1-8(16)3-7(5-22-14-20)11(19)13-4-10(17)18/h6-9,16H,1-5,12H2,(H,13,19)(H,17,18)/t7-,8-,9+/m0/s1. The Morgan fingerprint density at radius 1 is 1.41 bits per heavy atom. The molecule has 0 aromatic rings. The summed E-state index contributed by atoms with van der Waals surface area (Å²) in [5.41, 5.74) is 5.41. The van der Waals surface area contributed by atoms with Crippen LogP contribution in [0, 0.1) is 10.8 Å². The maximum Gasteiger partial charge on any atom is 0.322 e. The molecule has 0 aromatic carbocycles. The third-order valence-electron chi connectivity index (χ3n) is 2.68. The second kappa shape index (κ2) is 11.9. The summed E-state index contributed by atoms with van der Waals surface area (Å²) in [4.78, 5) is 42.4. The first-order valence-corrected chi connectivity index (χ1v) is 7.31. The Hall–Kier alpha value is -1.72. The van der Waals surface area contributed by atoms with Crippen molar-refractivity contribution in [2.45, 2.75) is 31.6 Å². The highest BCUT2D eigenvalue weighted by atomic mass is 32.2. The molecule has 1 amide bonds. The van der Waals surface area contributed by atoms with Crippen LogP contribution in [0.15, 0.2) is 4.58 Å². The molecular formula is C11H19N3O7S. The van der Waals surface area contributed by atoms with Crippen LogP contribution in [0.2, 0.25) is 0 Å². The fraction of sp³-hybridized carbons (Fsp3) is 0.727. The van der Waals surface area contributed by atoms with Crippen LogP contribution in [0.25, 0.3) is 0 Å². The maximum absolute atomic E-state index is 11.8. The molecule has 0 spiro atoms. The SMILES string of the molecule is N[C@@H](CC[C@H](O)C[C@@H](CSN=O)C(=O)NCC(=O)O)OC=O. The number of rotatable bonds is 13. The molecule has 0 rings (SSSR count). The number of carbonyl (C=O) groups excluding carboxylic acids is 2. The van der Waals surface area contributed by atoms with E-state index in [2.05, 4.69) is 14.6 Å². The number of nitrogens with one attached hydrogen (secondary N) is 1. The van der Waals surface area contributed by atoms with E-state index < -0.39 is 36.7 Å². The van der Waals surface area contributed by atoms with Gasteiger partial charge in [-0.25, -0.2) is 0 Å². The highest BCUT2D eigenvalue weighted by molar-refractivity contribution is 7.97. The number of nitrogens with two attached hydrogens (primary N) is 1. The minimum Gasteiger partial charge on any atom is -0.480 e. The molecule has 3 atom stereocenters. The zero-order valence-corrected chi connectivity index (χ0v) is 12.5. The van der Waals surface area contributed by atoms with E-state index in [1.54, 1.807) is 0 Å². The Morgan fingerprint density at radius 3 is 2.64 bits per heavy atom. The Labute approximate surface area is 130 Å². The van der Waals surface area contributed by atoms with Gasteiger partial charge in [0.1, 0.15) is 6.54 Å². The second-order valence-corrected chi connectivity index (χ2v) is 5.16. The summed E-state index contributed by atoms with van der Waals surface area (Å²) in [6.45, 7) is -0.353. The first kappa shape index (κ1) is 20.3. The average Bonchev–Trinajstić information content (AvgIpc) is 2.47. The number of aliphatic carboxylic acids is 1. The number of nitroso groups, excluding NO2 is 1. The monoisotopic (exact) mass is 337 g/mol. The Balaban J connectivity index is 4.36. The molecule has 126 valence electrons. The van der Waals surface area contributed by atoms with E-state index in [0.29, 0.717) is 11.9 Å². The molecular weight excluding hydrogens is 318 g/mol. The summed E-state index contributed by atoms with van der Waals surface area (Å²) >= 11 is 0.608. The smallest absolute Gasteiger partial charge is 0.322 e. The van der Waals surface area contributed by atoms with Gasteiger partial charge in [-0.05, 0) is 12.8 Å². The Bertz CT molecular complexity index is 383. The van der Waals surface area contributed by atoms with Crippen molar-refractivity contribution in [3.05, 3.63) is 4.91 Å². The molecule has 0 saturated carbocycles. The number of aliphatic hydroxyl groups is 1. The van der Waals surface area contributed by atoms with Gasteiger partial charge in [-0.1, -0.05) is 0 Å². The summed E-state index contributed by atoms with van der Waals surface area (Å²) in [5, 5.41) is 20.5. The van der Waals surface area contributed by atoms with Gasteiger partial charge < -0.3 is 20.3 Å². The van der Waals surface area contributed by atoms with Gasteiger partial charge in [-0.3, -0.25) is 20.1 Å². The Morgan fingerprint density at radius 2 is 2.09 bits per heavy atom. The second-order valence-electron chi connectivity index (χ2n) is 4.42. The first-order chi connectivity index (χ1) is 10.4. The molecule has 0 radical (unpaired) electrons.